The van der Waals surface area contributed by atoms with Crippen LogP contribution in [0.25, 0.3) is 0 Å². The van der Waals surface area contributed by atoms with Gasteiger partial charge in [-0.05, 0) is 12.5 Å². The zero-order valence-electron chi connectivity index (χ0n) is 7.93. The Morgan fingerprint density at radius 2 is 2.43 bits per heavy atom. The van der Waals surface area contributed by atoms with E-state index in [-0.39, 0.29) is 17.8 Å². The molecule has 1 aromatic rings. The van der Waals surface area contributed by atoms with Crippen molar-refractivity contribution in [3.63, 3.8) is 0 Å². The van der Waals surface area contributed by atoms with Crippen molar-refractivity contribution in [3.05, 3.63) is 5.89 Å². The van der Waals surface area contributed by atoms with Crippen molar-refractivity contribution in [1.29, 1.82) is 0 Å². The van der Waals surface area contributed by atoms with Gasteiger partial charge in [-0.2, -0.15) is 0 Å². The first-order valence-electron chi connectivity index (χ1n) is 4.51. The van der Waals surface area contributed by atoms with Crippen LogP contribution >= 0.6 is 0 Å². The largest absolute Gasteiger partial charge is 0.408 e. The quantitative estimate of drug-likeness (QED) is 0.701. The Bertz CT molecular complexity index is 349. The van der Waals surface area contributed by atoms with Crippen LogP contribution in [0.5, 0.6) is 0 Å². The average Bonchev–Trinajstić information content (AvgIpc) is 2.71. The van der Waals surface area contributed by atoms with Gasteiger partial charge in [0.2, 0.25) is 11.8 Å². The first-order valence-corrected chi connectivity index (χ1v) is 4.51. The molecule has 1 unspecified atom stereocenters. The van der Waals surface area contributed by atoms with Crippen LogP contribution in [0.4, 0.5) is 6.01 Å². The van der Waals surface area contributed by atoms with Crippen molar-refractivity contribution >= 4 is 11.9 Å². The van der Waals surface area contributed by atoms with Crippen LogP contribution in [0.2, 0.25) is 0 Å². The maximum absolute atomic E-state index is 11.5. The number of hydrogen-bond donors (Lipinski definition) is 1. The van der Waals surface area contributed by atoms with E-state index in [0.717, 1.165) is 0 Å². The summed E-state index contributed by atoms with van der Waals surface area (Å²) in [5.41, 5.74) is 5.50. The molecule has 6 nitrogen and oxygen atoms in total. The first kappa shape index (κ1) is 9.14. The highest BCUT2D eigenvalue weighted by atomic mass is 16.4. The summed E-state index contributed by atoms with van der Waals surface area (Å²) in [5.74, 6) is 0.669. The summed E-state index contributed by atoms with van der Waals surface area (Å²) in [5, 5.41) is 7.47. The fraction of sp³-hybridized carbons (Fsp3) is 0.625. The lowest BCUT2D eigenvalue weighted by Crippen LogP contribution is -2.26. The van der Waals surface area contributed by atoms with Gasteiger partial charge in [-0.15, -0.1) is 5.10 Å². The number of aryl methyl sites for hydroxylation is 1. The molecule has 0 aliphatic carbocycles. The van der Waals surface area contributed by atoms with Gasteiger partial charge in [-0.1, -0.05) is 5.10 Å². The fourth-order valence-corrected chi connectivity index (χ4v) is 1.52. The number of carbonyl (C=O) groups is 1. The highest BCUT2D eigenvalue weighted by Gasteiger charge is 2.32. The number of amides is 1. The Hall–Kier alpha value is -1.43. The maximum Gasteiger partial charge on any atom is 0.324 e. The lowest BCUT2D eigenvalue weighted by atomic mass is 10.1. The Labute approximate surface area is 81.1 Å². The van der Waals surface area contributed by atoms with Gasteiger partial charge in [0.15, 0.2) is 0 Å². The van der Waals surface area contributed by atoms with Gasteiger partial charge < -0.3 is 10.2 Å². The number of nitrogens with zero attached hydrogens (tertiary/aromatic N) is 3. The molecule has 0 spiro atoms. The van der Waals surface area contributed by atoms with Crippen LogP contribution in [-0.4, -0.2) is 29.2 Å². The Kier molecular flexibility index (Phi) is 2.20. The number of rotatable bonds is 2. The average molecular weight is 196 g/mol. The second kappa shape index (κ2) is 3.38. The van der Waals surface area contributed by atoms with Crippen molar-refractivity contribution in [1.82, 2.24) is 10.2 Å². The molecule has 1 atom stereocenters. The normalized spacial score (nSPS) is 22.0. The molecule has 0 saturated carbocycles. The molecular formula is C8H12N4O2. The van der Waals surface area contributed by atoms with E-state index >= 15 is 0 Å². The molecule has 1 aliphatic rings. The van der Waals surface area contributed by atoms with Crippen LogP contribution < -0.4 is 10.6 Å². The molecule has 2 rings (SSSR count). The zero-order valence-corrected chi connectivity index (χ0v) is 7.93. The van der Waals surface area contributed by atoms with Crippen molar-refractivity contribution in [3.8, 4) is 0 Å². The lowest BCUT2D eigenvalue weighted by Gasteiger charge is -2.09. The second-order valence-corrected chi connectivity index (χ2v) is 3.41. The minimum atomic E-state index is 0.00380. The Morgan fingerprint density at radius 3 is 2.93 bits per heavy atom. The molecule has 0 radical (unpaired) electrons. The lowest BCUT2D eigenvalue weighted by molar-refractivity contribution is -0.117. The van der Waals surface area contributed by atoms with E-state index in [1.165, 1.54) is 4.90 Å². The van der Waals surface area contributed by atoms with E-state index in [4.69, 9.17) is 10.2 Å². The Morgan fingerprint density at radius 1 is 1.64 bits per heavy atom. The van der Waals surface area contributed by atoms with Crippen molar-refractivity contribution < 1.29 is 9.21 Å². The summed E-state index contributed by atoms with van der Waals surface area (Å²) in [7, 11) is 0. The van der Waals surface area contributed by atoms with E-state index in [2.05, 4.69) is 10.2 Å². The van der Waals surface area contributed by atoms with E-state index in [1.807, 2.05) is 0 Å². The van der Waals surface area contributed by atoms with Crippen molar-refractivity contribution in [2.75, 3.05) is 18.0 Å². The minimum absolute atomic E-state index is 0.00380. The van der Waals surface area contributed by atoms with Gasteiger partial charge >= 0.3 is 6.01 Å². The Balaban J connectivity index is 2.16. The summed E-state index contributed by atoms with van der Waals surface area (Å²) >= 11 is 0. The van der Waals surface area contributed by atoms with Crippen molar-refractivity contribution in [2.24, 2.45) is 11.7 Å². The van der Waals surface area contributed by atoms with Crippen LogP contribution in [0.3, 0.4) is 0 Å². The van der Waals surface area contributed by atoms with Crippen LogP contribution in [-0.2, 0) is 4.79 Å². The predicted molar refractivity (Wildman–Crippen MR) is 48.5 cm³/mol. The number of carbonyl (C=O) groups excluding carboxylic acids is 1. The molecule has 1 aliphatic heterocycles. The number of nitrogens with two attached hydrogens (primary N) is 1. The summed E-state index contributed by atoms with van der Waals surface area (Å²) in [6.07, 6.45) is 0.470. The number of anilines is 1. The third kappa shape index (κ3) is 1.48. The standard InChI is InChI=1S/C8H12N4O2/c1-5-10-11-8(14-5)12-4-6(3-9)2-7(12)13/h6H,2-4,9H2,1H3. The van der Waals surface area contributed by atoms with Crippen molar-refractivity contribution in [2.45, 2.75) is 13.3 Å². The molecule has 0 aromatic carbocycles. The monoisotopic (exact) mass is 196 g/mol. The fourth-order valence-electron chi connectivity index (χ4n) is 1.52. The highest BCUT2D eigenvalue weighted by Crippen LogP contribution is 2.22. The summed E-state index contributed by atoms with van der Waals surface area (Å²) in [6, 6.07) is 0.281. The van der Waals surface area contributed by atoms with Gasteiger partial charge in [0.25, 0.3) is 0 Å². The second-order valence-electron chi connectivity index (χ2n) is 3.41. The minimum Gasteiger partial charge on any atom is -0.408 e. The van der Waals surface area contributed by atoms with E-state index in [9.17, 15) is 4.79 Å². The third-order valence-electron chi connectivity index (χ3n) is 2.28. The molecule has 1 fully saturated rings. The molecule has 76 valence electrons. The van der Waals surface area contributed by atoms with Gasteiger partial charge in [0.05, 0.1) is 0 Å². The predicted octanol–water partition coefficient (Wildman–Crippen LogP) is -0.310. The van der Waals surface area contributed by atoms with Gasteiger partial charge in [0.1, 0.15) is 0 Å². The molecule has 2 heterocycles. The molecule has 1 amide bonds. The summed E-state index contributed by atoms with van der Waals surface area (Å²) < 4.78 is 5.17. The SMILES string of the molecule is Cc1nnc(N2CC(CN)CC2=O)o1. The number of aromatic nitrogens is 2. The molecule has 14 heavy (non-hydrogen) atoms. The molecule has 1 aromatic heterocycles. The first-order chi connectivity index (χ1) is 6.70. The van der Waals surface area contributed by atoms with E-state index < -0.39 is 0 Å². The molecular weight excluding hydrogens is 184 g/mol. The van der Waals surface area contributed by atoms with E-state index in [1.54, 1.807) is 6.92 Å². The molecule has 1 saturated heterocycles. The molecule has 6 heteroatoms. The van der Waals surface area contributed by atoms with E-state index in [0.29, 0.717) is 25.4 Å². The molecule has 2 N–H and O–H groups in total. The van der Waals surface area contributed by atoms with Gasteiger partial charge in [-0.3, -0.25) is 9.69 Å². The zero-order chi connectivity index (χ0) is 10.1. The smallest absolute Gasteiger partial charge is 0.324 e. The van der Waals surface area contributed by atoms with Crippen LogP contribution in [0.15, 0.2) is 4.42 Å². The van der Waals surface area contributed by atoms with Crippen LogP contribution in [0.1, 0.15) is 12.3 Å². The van der Waals surface area contributed by atoms with Crippen LogP contribution in [0, 0.1) is 12.8 Å². The maximum atomic E-state index is 11.5. The third-order valence-corrected chi connectivity index (χ3v) is 2.28. The highest BCUT2D eigenvalue weighted by molar-refractivity contribution is 5.93. The summed E-state index contributed by atoms with van der Waals surface area (Å²) in [6.45, 7) is 2.78. The summed E-state index contributed by atoms with van der Waals surface area (Å²) in [4.78, 5) is 13.0. The van der Waals surface area contributed by atoms with Gasteiger partial charge in [-0.25, -0.2) is 0 Å². The molecule has 0 bridgehead atoms. The van der Waals surface area contributed by atoms with Gasteiger partial charge in [0, 0.05) is 19.9 Å². The topological polar surface area (TPSA) is 85.3 Å². The number of hydrogen-bond acceptors (Lipinski definition) is 5.